The number of hydrogen-bond acceptors (Lipinski definition) is 3. The molecule has 4 nitrogen and oxygen atoms in total. The number of methoxy groups -OCH3 is 1. The summed E-state index contributed by atoms with van der Waals surface area (Å²) in [5, 5.41) is 7.62. The summed E-state index contributed by atoms with van der Waals surface area (Å²) >= 11 is 17.2. The highest BCUT2D eigenvalue weighted by atomic mass is 35.5. The molecule has 7 heteroatoms. The topological polar surface area (TPSA) is 50.4 Å². The molecule has 0 bridgehead atoms. The van der Waals surface area contributed by atoms with Gasteiger partial charge in [-0.1, -0.05) is 35.3 Å². The molecule has 23 heavy (non-hydrogen) atoms. The average molecular weight is 369 g/mol. The summed E-state index contributed by atoms with van der Waals surface area (Å²) < 4.78 is 4.68. The highest BCUT2D eigenvalue weighted by Crippen LogP contribution is 2.20. The second-order valence-electron chi connectivity index (χ2n) is 4.62. The Morgan fingerprint density at radius 1 is 1.22 bits per heavy atom. The molecule has 0 radical (unpaired) electrons. The highest BCUT2D eigenvalue weighted by molar-refractivity contribution is 7.80. The van der Waals surface area contributed by atoms with E-state index in [0.717, 1.165) is 5.56 Å². The maximum atomic E-state index is 11.5. The van der Waals surface area contributed by atoms with Crippen molar-refractivity contribution in [2.45, 2.75) is 6.54 Å². The number of benzene rings is 2. The zero-order valence-electron chi connectivity index (χ0n) is 12.2. The Morgan fingerprint density at radius 3 is 2.70 bits per heavy atom. The smallest absolute Gasteiger partial charge is 0.337 e. The van der Waals surface area contributed by atoms with Gasteiger partial charge in [-0.3, -0.25) is 0 Å². The lowest BCUT2D eigenvalue weighted by atomic mass is 10.2. The number of carbonyl (C=O) groups excluding carboxylic acids is 1. The summed E-state index contributed by atoms with van der Waals surface area (Å²) in [6, 6.07) is 12.1. The van der Waals surface area contributed by atoms with E-state index in [1.54, 1.807) is 36.4 Å². The Labute approximate surface area is 149 Å². The SMILES string of the molecule is COC(=O)c1cccc(NC(=S)NCc2ccc(Cl)cc2Cl)c1. The van der Waals surface area contributed by atoms with Crippen molar-refractivity contribution < 1.29 is 9.53 Å². The molecule has 0 atom stereocenters. The van der Waals surface area contributed by atoms with Crippen LogP contribution in [-0.2, 0) is 11.3 Å². The van der Waals surface area contributed by atoms with E-state index in [2.05, 4.69) is 15.4 Å². The molecule has 120 valence electrons. The van der Waals surface area contributed by atoms with Crippen LogP contribution in [0.1, 0.15) is 15.9 Å². The van der Waals surface area contributed by atoms with E-state index >= 15 is 0 Å². The van der Waals surface area contributed by atoms with E-state index in [4.69, 9.17) is 35.4 Å². The van der Waals surface area contributed by atoms with Crippen LogP contribution in [0.4, 0.5) is 5.69 Å². The number of nitrogens with one attached hydrogen (secondary N) is 2. The molecule has 2 N–H and O–H groups in total. The first-order valence-corrected chi connectivity index (χ1v) is 7.83. The van der Waals surface area contributed by atoms with Gasteiger partial charge in [-0.15, -0.1) is 0 Å². The van der Waals surface area contributed by atoms with Gasteiger partial charge in [0.05, 0.1) is 12.7 Å². The molecule has 0 saturated heterocycles. The van der Waals surface area contributed by atoms with E-state index < -0.39 is 5.97 Å². The maximum Gasteiger partial charge on any atom is 0.337 e. The molecule has 0 aromatic heterocycles. The van der Waals surface area contributed by atoms with Crippen LogP contribution < -0.4 is 10.6 Å². The minimum atomic E-state index is -0.402. The van der Waals surface area contributed by atoms with Crippen molar-refractivity contribution >= 4 is 52.2 Å². The van der Waals surface area contributed by atoms with E-state index in [0.29, 0.717) is 33.0 Å². The van der Waals surface area contributed by atoms with Crippen molar-refractivity contribution in [3.05, 3.63) is 63.6 Å². The molecule has 0 fully saturated rings. The predicted octanol–water partition coefficient (Wildman–Crippen LogP) is 4.27. The van der Waals surface area contributed by atoms with Gasteiger partial charge in [-0.2, -0.15) is 0 Å². The number of anilines is 1. The zero-order valence-corrected chi connectivity index (χ0v) is 14.6. The third kappa shape index (κ3) is 5.10. The van der Waals surface area contributed by atoms with Crippen LogP contribution in [0.5, 0.6) is 0 Å². The summed E-state index contributed by atoms with van der Waals surface area (Å²) in [7, 11) is 1.34. The summed E-state index contributed by atoms with van der Waals surface area (Å²) in [4.78, 5) is 11.5. The quantitative estimate of drug-likeness (QED) is 0.623. The lowest BCUT2D eigenvalue weighted by molar-refractivity contribution is 0.0601. The number of esters is 1. The Morgan fingerprint density at radius 2 is 2.00 bits per heavy atom. The average Bonchev–Trinajstić information content (AvgIpc) is 2.53. The molecular weight excluding hydrogens is 355 g/mol. The molecule has 2 aromatic rings. The van der Waals surface area contributed by atoms with Crippen molar-refractivity contribution in [1.29, 1.82) is 0 Å². The largest absolute Gasteiger partial charge is 0.465 e. The van der Waals surface area contributed by atoms with Gasteiger partial charge in [-0.05, 0) is 48.1 Å². The monoisotopic (exact) mass is 368 g/mol. The molecule has 0 saturated carbocycles. The van der Waals surface area contributed by atoms with Gasteiger partial charge in [0.1, 0.15) is 0 Å². The number of hydrogen-bond donors (Lipinski definition) is 2. The fourth-order valence-corrected chi connectivity index (χ4v) is 2.52. The number of ether oxygens (including phenoxy) is 1. The molecule has 0 spiro atoms. The molecular formula is C16H14Cl2N2O2S. The minimum absolute atomic E-state index is 0.402. The van der Waals surface area contributed by atoms with Crippen molar-refractivity contribution in [3.8, 4) is 0 Å². The molecule has 0 unspecified atom stereocenters. The number of rotatable bonds is 4. The third-order valence-corrected chi connectivity index (χ3v) is 3.83. The van der Waals surface area contributed by atoms with E-state index in [1.807, 2.05) is 6.07 Å². The van der Waals surface area contributed by atoms with Gasteiger partial charge >= 0.3 is 5.97 Å². The fraction of sp³-hybridized carbons (Fsp3) is 0.125. The second kappa shape index (κ2) is 8.15. The van der Waals surface area contributed by atoms with Crippen LogP contribution in [0.25, 0.3) is 0 Å². The van der Waals surface area contributed by atoms with E-state index in [-0.39, 0.29) is 0 Å². The first kappa shape index (κ1) is 17.5. The van der Waals surface area contributed by atoms with Gasteiger partial charge in [0, 0.05) is 22.3 Å². The molecule has 2 aromatic carbocycles. The van der Waals surface area contributed by atoms with Crippen LogP contribution in [0.3, 0.4) is 0 Å². The molecule has 0 amide bonds. The number of halogens is 2. The van der Waals surface area contributed by atoms with Crippen LogP contribution >= 0.6 is 35.4 Å². The first-order valence-electron chi connectivity index (χ1n) is 6.67. The maximum absolute atomic E-state index is 11.5. The molecule has 2 rings (SSSR count). The Hall–Kier alpha value is -1.82. The predicted molar refractivity (Wildman–Crippen MR) is 97.3 cm³/mol. The first-order chi connectivity index (χ1) is 11.0. The van der Waals surface area contributed by atoms with Crippen molar-refractivity contribution in [1.82, 2.24) is 5.32 Å². The molecule has 0 aliphatic rings. The summed E-state index contributed by atoms with van der Waals surface area (Å²) in [5.74, 6) is -0.402. The lowest BCUT2D eigenvalue weighted by Gasteiger charge is -2.12. The highest BCUT2D eigenvalue weighted by Gasteiger charge is 2.07. The Bertz CT molecular complexity index is 738. The number of carbonyl (C=O) groups is 1. The summed E-state index contributed by atoms with van der Waals surface area (Å²) in [6.07, 6.45) is 0. The fourth-order valence-electron chi connectivity index (χ4n) is 1.86. The van der Waals surface area contributed by atoms with Gasteiger partial charge in [0.25, 0.3) is 0 Å². The summed E-state index contributed by atoms with van der Waals surface area (Å²) in [5.41, 5.74) is 2.01. The van der Waals surface area contributed by atoms with Gasteiger partial charge in [0.15, 0.2) is 5.11 Å². The van der Waals surface area contributed by atoms with E-state index in [1.165, 1.54) is 7.11 Å². The molecule has 0 aliphatic heterocycles. The van der Waals surface area contributed by atoms with Crippen LogP contribution in [0, 0.1) is 0 Å². The van der Waals surface area contributed by atoms with Crippen LogP contribution in [-0.4, -0.2) is 18.2 Å². The standard InChI is InChI=1S/C16H14Cl2N2O2S/c1-22-15(21)10-3-2-4-13(7-10)20-16(23)19-9-11-5-6-12(17)8-14(11)18/h2-8H,9H2,1H3,(H2,19,20,23). The lowest BCUT2D eigenvalue weighted by Crippen LogP contribution is -2.28. The van der Waals surface area contributed by atoms with E-state index in [9.17, 15) is 4.79 Å². The molecule has 0 aliphatic carbocycles. The van der Waals surface area contributed by atoms with Crippen LogP contribution in [0.15, 0.2) is 42.5 Å². The second-order valence-corrected chi connectivity index (χ2v) is 5.87. The van der Waals surface area contributed by atoms with Gasteiger partial charge in [-0.25, -0.2) is 4.79 Å². The normalized spacial score (nSPS) is 10.0. The van der Waals surface area contributed by atoms with Gasteiger partial charge < -0.3 is 15.4 Å². The zero-order chi connectivity index (χ0) is 16.8. The minimum Gasteiger partial charge on any atom is -0.465 e. The van der Waals surface area contributed by atoms with Crippen molar-refractivity contribution in [2.75, 3.05) is 12.4 Å². The summed E-state index contributed by atoms with van der Waals surface area (Å²) in [6.45, 7) is 0.457. The third-order valence-electron chi connectivity index (χ3n) is 3.00. The molecule has 0 heterocycles. The van der Waals surface area contributed by atoms with Crippen LogP contribution in [0.2, 0.25) is 10.0 Å². The Kier molecular flexibility index (Phi) is 6.21. The number of thiocarbonyl (C=S) groups is 1. The van der Waals surface area contributed by atoms with Crippen molar-refractivity contribution in [3.63, 3.8) is 0 Å². The van der Waals surface area contributed by atoms with Crippen molar-refractivity contribution in [2.24, 2.45) is 0 Å². The Balaban J connectivity index is 1.96. The van der Waals surface area contributed by atoms with Gasteiger partial charge in [0.2, 0.25) is 0 Å².